The number of allylic oxidation sites excluding steroid dienone is 1. The zero-order valence-corrected chi connectivity index (χ0v) is 17.3. The molecule has 0 saturated heterocycles. The maximum atomic E-state index is 15.1. The van der Waals surface area contributed by atoms with Crippen LogP contribution in [0.15, 0.2) is 60.8 Å². The Kier molecular flexibility index (Phi) is 4.86. The van der Waals surface area contributed by atoms with E-state index in [4.69, 9.17) is 10.7 Å². The third-order valence-electron chi connectivity index (χ3n) is 5.57. The number of anilines is 2. The molecule has 4 heterocycles. The van der Waals surface area contributed by atoms with Crippen molar-refractivity contribution in [1.29, 1.82) is 0 Å². The first-order valence-corrected chi connectivity index (χ1v) is 10.4. The van der Waals surface area contributed by atoms with Gasteiger partial charge in [-0.1, -0.05) is 12.2 Å². The number of aryl methyl sites for hydroxylation is 1. The van der Waals surface area contributed by atoms with E-state index in [2.05, 4.69) is 27.0 Å². The fourth-order valence-electron chi connectivity index (χ4n) is 4.07. The van der Waals surface area contributed by atoms with Gasteiger partial charge in [-0.05, 0) is 56.2 Å². The predicted molar refractivity (Wildman–Crippen MR) is 122 cm³/mol. The monoisotopic (exact) mass is 414 g/mol. The maximum Gasteiger partial charge on any atom is 0.165 e. The lowest BCUT2D eigenvalue weighted by Gasteiger charge is -2.23. The number of aromatic nitrogens is 4. The summed E-state index contributed by atoms with van der Waals surface area (Å²) in [6, 6.07) is 12.8. The van der Waals surface area contributed by atoms with Crippen molar-refractivity contribution in [2.75, 3.05) is 23.7 Å². The van der Waals surface area contributed by atoms with Crippen LogP contribution < -0.4 is 10.6 Å². The molecule has 0 amide bonds. The van der Waals surface area contributed by atoms with Crippen molar-refractivity contribution in [3.8, 4) is 16.9 Å². The van der Waals surface area contributed by atoms with Gasteiger partial charge in [-0.25, -0.2) is 19.3 Å². The lowest BCUT2D eigenvalue weighted by molar-refractivity contribution is 0.617. The van der Waals surface area contributed by atoms with E-state index in [1.807, 2.05) is 41.8 Å². The van der Waals surface area contributed by atoms with Gasteiger partial charge in [0, 0.05) is 30.9 Å². The summed E-state index contributed by atoms with van der Waals surface area (Å²) in [6.07, 6.45) is 7.98. The Morgan fingerprint density at radius 3 is 2.77 bits per heavy atom. The van der Waals surface area contributed by atoms with Crippen LogP contribution >= 0.6 is 0 Å². The van der Waals surface area contributed by atoms with Crippen molar-refractivity contribution in [3.63, 3.8) is 0 Å². The Morgan fingerprint density at radius 2 is 1.94 bits per heavy atom. The molecule has 1 aliphatic heterocycles. The number of imidazole rings is 1. The van der Waals surface area contributed by atoms with Crippen LogP contribution in [0.5, 0.6) is 0 Å². The molecule has 5 rings (SSSR count). The standard InChI is InChI=1S/C24H23FN6/c1-16-28-21-8-7-20(17-10-11-27-23(26)14-17)29-24(21)31(16)18-6-9-22(19(25)15-18)30-12-4-2-3-5-13-30/h2,4,6-11,14-15H,3,5,12-13H2,1H3,(H2,26,27). The second kappa shape index (κ2) is 7.83. The third-order valence-corrected chi connectivity index (χ3v) is 5.57. The number of pyridine rings is 2. The van der Waals surface area contributed by atoms with Crippen molar-refractivity contribution in [3.05, 3.63) is 72.5 Å². The number of halogens is 1. The third kappa shape index (κ3) is 3.63. The maximum absolute atomic E-state index is 15.1. The SMILES string of the molecule is Cc1nc2ccc(-c3ccnc(N)c3)nc2n1-c1ccc(N2CC=CCCC2)c(F)c1. The average molecular weight is 414 g/mol. The lowest BCUT2D eigenvalue weighted by Crippen LogP contribution is -2.24. The molecule has 6 nitrogen and oxygen atoms in total. The molecule has 7 heteroatoms. The summed E-state index contributed by atoms with van der Waals surface area (Å²) >= 11 is 0. The minimum atomic E-state index is -0.243. The molecular weight excluding hydrogens is 391 g/mol. The van der Waals surface area contributed by atoms with Gasteiger partial charge in [-0.15, -0.1) is 0 Å². The van der Waals surface area contributed by atoms with Gasteiger partial charge in [0.2, 0.25) is 0 Å². The van der Waals surface area contributed by atoms with Crippen LogP contribution in [-0.2, 0) is 0 Å². The van der Waals surface area contributed by atoms with Gasteiger partial charge in [0.15, 0.2) is 5.65 Å². The molecule has 1 aliphatic rings. The van der Waals surface area contributed by atoms with Gasteiger partial charge in [-0.2, -0.15) is 0 Å². The highest BCUT2D eigenvalue weighted by molar-refractivity contribution is 5.78. The topological polar surface area (TPSA) is 72.9 Å². The average Bonchev–Trinajstić information content (AvgIpc) is 2.91. The molecule has 0 bridgehead atoms. The highest BCUT2D eigenvalue weighted by atomic mass is 19.1. The molecule has 0 aliphatic carbocycles. The molecule has 4 aromatic rings. The van der Waals surface area contributed by atoms with E-state index in [9.17, 15) is 0 Å². The number of nitrogens with zero attached hydrogens (tertiary/aromatic N) is 5. The minimum absolute atomic E-state index is 0.243. The number of rotatable bonds is 3. The Bertz CT molecular complexity index is 1290. The van der Waals surface area contributed by atoms with Crippen LogP contribution in [0.2, 0.25) is 0 Å². The van der Waals surface area contributed by atoms with Crippen molar-refractivity contribution in [2.24, 2.45) is 0 Å². The molecule has 31 heavy (non-hydrogen) atoms. The van der Waals surface area contributed by atoms with Crippen molar-refractivity contribution in [1.82, 2.24) is 19.5 Å². The molecule has 1 aromatic carbocycles. The van der Waals surface area contributed by atoms with Crippen LogP contribution in [0.4, 0.5) is 15.9 Å². The van der Waals surface area contributed by atoms with Crippen LogP contribution in [0, 0.1) is 12.7 Å². The second-order valence-electron chi connectivity index (χ2n) is 7.70. The Morgan fingerprint density at radius 1 is 1.03 bits per heavy atom. The molecular formula is C24H23FN6. The summed E-state index contributed by atoms with van der Waals surface area (Å²) in [5, 5.41) is 0. The number of nitrogens with two attached hydrogens (primary N) is 1. The van der Waals surface area contributed by atoms with Crippen LogP contribution in [0.25, 0.3) is 28.1 Å². The zero-order valence-electron chi connectivity index (χ0n) is 17.3. The highest BCUT2D eigenvalue weighted by Crippen LogP contribution is 2.28. The van der Waals surface area contributed by atoms with Gasteiger partial charge >= 0.3 is 0 Å². The zero-order chi connectivity index (χ0) is 21.4. The van der Waals surface area contributed by atoms with Crippen LogP contribution in [0.1, 0.15) is 18.7 Å². The van der Waals surface area contributed by atoms with E-state index in [0.717, 1.165) is 48.5 Å². The number of hydrogen-bond donors (Lipinski definition) is 1. The van der Waals surface area contributed by atoms with Crippen LogP contribution in [-0.4, -0.2) is 32.6 Å². The molecule has 0 unspecified atom stereocenters. The van der Waals surface area contributed by atoms with Crippen molar-refractivity contribution < 1.29 is 4.39 Å². The van der Waals surface area contributed by atoms with E-state index in [-0.39, 0.29) is 5.82 Å². The Hall–Kier alpha value is -3.74. The molecule has 0 spiro atoms. The van der Waals surface area contributed by atoms with E-state index in [0.29, 0.717) is 22.8 Å². The van der Waals surface area contributed by atoms with Gasteiger partial charge in [-0.3, -0.25) is 4.57 Å². The van der Waals surface area contributed by atoms with Gasteiger partial charge < -0.3 is 10.6 Å². The molecule has 0 saturated carbocycles. The first kappa shape index (κ1) is 19.2. The van der Waals surface area contributed by atoms with E-state index >= 15 is 4.39 Å². The Labute approximate surface area is 179 Å². The molecule has 2 N–H and O–H groups in total. The highest BCUT2D eigenvalue weighted by Gasteiger charge is 2.16. The summed E-state index contributed by atoms with van der Waals surface area (Å²) in [5.74, 6) is 0.941. The fraction of sp³-hybridized carbons (Fsp3) is 0.208. The smallest absolute Gasteiger partial charge is 0.165 e. The molecule has 0 fully saturated rings. The van der Waals surface area contributed by atoms with E-state index in [1.54, 1.807) is 18.3 Å². The first-order chi connectivity index (χ1) is 15.1. The number of fused-ring (bicyclic) bond motifs is 1. The van der Waals surface area contributed by atoms with E-state index in [1.165, 1.54) is 0 Å². The van der Waals surface area contributed by atoms with Crippen molar-refractivity contribution in [2.45, 2.75) is 19.8 Å². The quantitative estimate of drug-likeness (QED) is 0.493. The lowest BCUT2D eigenvalue weighted by atomic mass is 10.1. The minimum Gasteiger partial charge on any atom is -0.384 e. The largest absolute Gasteiger partial charge is 0.384 e. The summed E-state index contributed by atoms with van der Waals surface area (Å²) in [4.78, 5) is 15.5. The Balaban J connectivity index is 1.58. The first-order valence-electron chi connectivity index (χ1n) is 10.4. The second-order valence-corrected chi connectivity index (χ2v) is 7.70. The van der Waals surface area contributed by atoms with Gasteiger partial charge in [0.1, 0.15) is 23.0 Å². The summed E-state index contributed by atoms with van der Waals surface area (Å²) in [7, 11) is 0. The van der Waals surface area contributed by atoms with Gasteiger partial charge in [0.05, 0.1) is 17.1 Å². The van der Waals surface area contributed by atoms with Gasteiger partial charge in [0.25, 0.3) is 0 Å². The number of hydrogen-bond acceptors (Lipinski definition) is 5. The van der Waals surface area contributed by atoms with Crippen LogP contribution in [0.3, 0.4) is 0 Å². The normalized spacial score (nSPS) is 14.2. The summed E-state index contributed by atoms with van der Waals surface area (Å²) in [6.45, 7) is 3.47. The summed E-state index contributed by atoms with van der Waals surface area (Å²) < 4.78 is 17.0. The number of benzene rings is 1. The summed E-state index contributed by atoms with van der Waals surface area (Å²) in [5.41, 5.74) is 10.2. The van der Waals surface area contributed by atoms with E-state index < -0.39 is 0 Å². The molecule has 3 aromatic heterocycles. The van der Waals surface area contributed by atoms with Crippen molar-refractivity contribution >= 4 is 22.7 Å². The molecule has 0 atom stereocenters. The molecule has 156 valence electrons. The predicted octanol–water partition coefficient (Wildman–Crippen LogP) is 4.67. The fourth-order valence-corrected chi connectivity index (χ4v) is 4.07. The number of nitrogen functional groups attached to an aromatic ring is 1. The molecule has 0 radical (unpaired) electrons.